The third kappa shape index (κ3) is 5.47. The van der Waals surface area contributed by atoms with Crippen molar-refractivity contribution in [1.82, 2.24) is 20.0 Å². The molecule has 3 aromatic rings. The van der Waals surface area contributed by atoms with Gasteiger partial charge in [0.15, 0.2) is 5.96 Å². The fraction of sp³-hybridized carbons (Fsp3) is 0.364. The van der Waals surface area contributed by atoms with Crippen LogP contribution in [0.1, 0.15) is 42.3 Å². The Morgan fingerprint density at radius 3 is 2.61 bits per heavy atom. The molecule has 150 valence electrons. The van der Waals surface area contributed by atoms with Crippen molar-refractivity contribution in [2.24, 2.45) is 4.99 Å². The van der Waals surface area contributed by atoms with Crippen LogP contribution in [-0.4, -0.2) is 28.4 Å². The van der Waals surface area contributed by atoms with Crippen LogP contribution in [0.4, 0.5) is 0 Å². The Labute approximate surface area is 184 Å². The maximum absolute atomic E-state index is 4.74. The molecule has 0 aliphatic heterocycles. The zero-order chi connectivity index (χ0) is 19.2. The van der Waals surface area contributed by atoms with Gasteiger partial charge in [0.1, 0.15) is 5.65 Å². The molecular weight excluding hydrogens is 461 g/mol. The second kappa shape index (κ2) is 10.5. The van der Waals surface area contributed by atoms with Crippen molar-refractivity contribution in [3.05, 3.63) is 71.2 Å². The zero-order valence-corrected chi connectivity index (χ0v) is 19.4. The summed E-state index contributed by atoms with van der Waals surface area (Å²) < 4.78 is 2.08. The molecule has 0 radical (unpaired) electrons. The van der Waals surface area contributed by atoms with Crippen molar-refractivity contribution >= 4 is 35.6 Å². The average molecular weight is 491 g/mol. The van der Waals surface area contributed by atoms with Crippen molar-refractivity contribution in [3.63, 3.8) is 0 Å². The van der Waals surface area contributed by atoms with Crippen LogP contribution < -0.4 is 10.6 Å². The summed E-state index contributed by atoms with van der Waals surface area (Å²) in [5, 5.41) is 6.85. The molecule has 5 nitrogen and oxygen atoms in total. The number of nitrogens with zero attached hydrogens (tertiary/aromatic N) is 3. The summed E-state index contributed by atoms with van der Waals surface area (Å²) >= 11 is 0. The van der Waals surface area contributed by atoms with Gasteiger partial charge in [-0.2, -0.15) is 0 Å². The first-order valence-electron chi connectivity index (χ1n) is 9.62. The van der Waals surface area contributed by atoms with Gasteiger partial charge in [0, 0.05) is 31.9 Å². The molecule has 0 amide bonds. The van der Waals surface area contributed by atoms with Gasteiger partial charge in [-0.15, -0.1) is 24.0 Å². The minimum absolute atomic E-state index is 0. The monoisotopic (exact) mass is 491 g/mol. The molecular formula is C22H30IN5. The molecule has 2 heterocycles. The lowest BCUT2D eigenvalue weighted by Gasteiger charge is -2.19. The van der Waals surface area contributed by atoms with E-state index in [-0.39, 0.29) is 30.0 Å². The number of hydrogen-bond acceptors (Lipinski definition) is 2. The van der Waals surface area contributed by atoms with E-state index in [0.29, 0.717) is 6.54 Å². The summed E-state index contributed by atoms with van der Waals surface area (Å²) in [5.41, 5.74) is 5.85. The van der Waals surface area contributed by atoms with Crippen molar-refractivity contribution in [2.45, 2.75) is 40.2 Å². The highest BCUT2D eigenvalue weighted by molar-refractivity contribution is 14.0. The summed E-state index contributed by atoms with van der Waals surface area (Å²) in [6.07, 6.45) is 4.95. The molecule has 2 aromatic heterocycles. The number of aliphatic imine (C=N–C) groups is 1. The summed E-state index contributed by atoms with van der Waals surface area (Å²) in [5.74, 6) is 0.841. The largest absolute Gasteiger partial charge is 0.357 e. The highest BCUT2D eigenvalue weighted by atomic mass is 127. The Hall–Kier alpha value is -2.09. The molecule has 1 atom stereocenters. The van der Waals surface area contributed by atoms with E-state index in [1.54, 1.807) is 0 Å². The Kier molecular flexibility index (Phi) is 8.29. The number of guanidine groups is 1. The molecule has 0 fully saturated rings. The topological polar surface area (TPSA) is 53.7 Å². The van der Waals surface area contributed by atoms with Gasteiger partial charge in [0.25, 0.3) is 0 Å². The van der Waals surface area contributed by atoms with Gasteiger partial charge in [0.2, 0.25) is 0 Å². The van der Waals surface area contributed by atoms with Crippen LogP contribution in [0.2, 0.25) is 0 Å². The number of fused-ring (bicyclic) bond motifs is 1. The van der Waals surface area contributed by atoms with Crippen LogP contribution in [0.25, 0.3) is 5.65 Å². The molecule has 0 aliphatic carbocycles. The summed E-state index contributed by atoms with van der Waals surface area (Å²) in [6, 6.07) is 12.8. The van der Waals surface area contributed by atoms with Crippen LogP contribution in [0.5, 0.6) is 0 Å². The predicted molar refractivity (Wildman–Crippen MR) is 128 cm³/mol. The maximum atomic E-state index is 4.74. The minimum atomic E-state index is 0. The number of aromatic nitrogens is 2. The zero-order valence-electron chi connectivity index (χ0n) is 17.1. The second-order valence-electron chi connectivity index (χ2n) is 6.89. The van der Waals surface area contributed by atoms with Gasteiger partial charge in [0.05, 0.1) is 11.7 Å². The van der Waals surface area contributed by atoms with Gasteiger partial charge in [-0.05, 0) is 50.5 Å². The molecule has 2 N–H and O–H groups in total. The standard InChI is InChI=1S/C22H29N5.HI/c1-5-23-22(25-18(4)20-11-7-6-9-16(20)2)24-13-12-19-15-27-14-8-10-17(3)21(27)26-19;/h6-11,14-15,18H,5,12-13H2,1-4H3,(H2,23,24,25);1H. The predicted octanol–water partition coefficient (Wildman–Crippen LogP) is 4.43. The van der Waals surface area contributed by atoms with Gasteiger partial charge < -0.3 is 15.0 Å². The first-order valence-corrected chi connectivity index (χ1v) is 9.62. The molecule has 6 heteroatoms. The summed E-state index contributed by atoms with van der Waals surface area (Å²) in [7, 11) is 0. The molecule has 1 aromatic carbocycles. The molecule has 0 spiro atoms. The molecule has 3 rings (SSSR count). The van der Waals surface area contributed by atoms with E-state index in [1.165, 1.54) is 16.7 Å². The lowest BCUT2D eigenvalue weighted by molar-refractivity contribution is 0.682. The summed E-state index contributed by atoms with van der Waals surface area (Å²) in [6.45, 7) is 10.0. The first kappa shape index (κ1) is 22.2. The van der Waals surface area contributed by atoms with Crippen LogP contribution in [0.3, 0.4) is 0 Å². The SMILES string of the molecule is CCNC(=NCCc1cn2cccc(C)c2n1)NC(C)c1ccccc1C.I. The second-order valence-corrected chi connectivity index (χ2v) is 6.89. The van der Waals surface area contributed by atoms with E-state index in [0.717, 1.165) is 30.3 Å². The van der Waals surface area contributed by atoms with E-state index in [9.17, 15) is 0 Å². The number of rotatable bonds is 6. The van der Waals surface area contributed by atoms with Crippen LogP contribution in [0.15, 0.2) is 53.8 Å². The Bertz CT molecular complexity index is 932. The van der Waals surface area contributed by atoms with Crippen molar-refractivity contribution in [1.29, 1.82) is 0 Å². The first-order chi connectivity index (χ1) is 13.1. The van der Waals surface area contributed by atoms with Gasteiger partial charge in [-0.1, -0.05) is 30.3 Å². The highest BCUT2D eigenvalue weighted by Gasteiger charge is 2.10. The van der Waals surface area contributed by atoms with Crippen molar-refractivity contribution < 1.29 is 0 Å². The van der Waals surface area contributed by atoms with E-state index in [1.807, 2.05) is 12.3 Å². The third-order valence-corrected chi connectivity index (χ3v) is 4.72. The number of halogens is 1. The molecule has 0 saturated carbocycles. The molecule has 0 aliphatic rings. The fourth-order valence-corrected chi connectivity index (χ4v) is 3.28. The Morgan fingerprint density at radius 1 is 1.14 bits per heavy atom. The minimum Gasteiger partial charge on any atom is -0.357 e. The molecule has 0 saturated heterocycles. The highest BCUT2D eigenvalue weighted by Crippen LogP contribution is 2.16. The van der Waals surface area contributed by atoms with Crippen molar-refractivity contribution in [2.75, 3.05) is 13.1 Å². The third-order valence-electron chi connectivity index (χ3n) is 4.72. The fourth-order valence-electron chi connectivity index (χ4n) is 3.28. The van der Waals surface area contributed by atoms with E-state index < -0.39 is 0 Å². The van der Waals surface area contributed by atoms with E-state index >= 15 is 0 Å². The van der Waals surface area contributed by atoms with E-state index in [2.05, 4.69) is 79.3 Å². The van der Waals surface area contributed by atoms with Crippen LogP contribution in [-0.2, 0) is 6.42 Å². The number of pyridine rings is 1. The number of imidazole rings is 1. The number of aryl methyl sites for hydroxylation is 2. The number of benzene rings is 1. The average Bonchev–Trinajstić information content (AvgIpc) is 3.06. The Morgan fingerprint density at radius 2 is 1.89 bits per heavy atom. The quantitative estimate of drug-likeness (QED) is 0.305. The van der Waals surface area contributed by atoms with Gasteiger partial charge >= 0.3 is 0 Å². The molecule has 1 unspecified atom stereocenters. The summed E-state index contributed by atoms with van der Waals surface area (Å²) in [4.78, 5) is 9.47. The normalized spacial score (nSPS) is 12.5. The Balaban J connectivity index is 0.00000280. The number of nitrogens with one attached hydrogen (secondary N) is 2. The lowest BCUT2D eigenvalue weighted by Crippen LogP contribution is -2.39. The van der Waals surface area contributed by atoms with Crippen LogP contribution >= 0.6 is 24.0 Å². The lowest BCUT2D eigenvalue weighted by atomic mass is 10.0. The smallest absolute Gasteiger partial charge is 0.191 e. The van der Waals surface area contributed by atoms with Gasteiger partial charge in [-0.3, -0.25) is 4.99 Å². The van der Waals surface area contributed by atoms with Crippen LogP contribution in [0, 0.1) is 13.8 Å². The molecule has 0 bridgehead atoms. The maximum Gasteiger partial charge on any atom is 0.191 e. The molecule has 28 heavy (non-hydrogen) atoms. The van der Waals surface area contributed by atoms with Crippen molar-refractivity contribution in [3.8, 4) is 0 Å². The van der Waals surface area contributed by atoms with E-state index in [4.69, 9.17) is 9.98 Å². The number of hydrogen-bond donors (Lipinski definition) is 2. The van der Waals surface area contributed by atoms with Gasteiger partial charge in [-0.25, -0.2) is 4.98 Å².